The molecule has 0 unspecified atom stereocenters. The van der Waals surface area contributed by atoms with Gasteiger partial charge >= 0.3 is 6.18 Å². The summed E-state index contributed by atoms with van der Waals surface area (Å²) in [6.07, 6.45) is -2.82. The number of carbonyl (C=O) groups is 2. The Bertz CT molecular complexity index is 1320. The van der Waals surface area contributed by atoms with Crippen molar-refractivity contribution < 1.29 is 22.8 Å². The van der Waals surface area contributed by atoms with Gasteiger partial charge in [0, 0.05) is 30.9 Å². The van der Waals surface area contributed by atoms with Gasteiger partial charge in [0.25, 0.3) is 5.91 Å². The fraction of sp³-hybridized carbons (Fsp3) is 0.261. The largest absolute Gasteiger partial charge is 0.416 e. The van der Waals surface area contributed by atoms with Gasteiger partial charge in [0.05, 0.1) is 16.8 Å². The topological polar surface area (TPSA) is 80.7 Å². The number of aromatic nitrogens is 2. The number of nitrogens with two attached hydrogens (primary N) is 1. The van der Waals surface area contributed by atoms with Gasteiger partial charge in [0.1, 0.15) is 5.41 Å². The first-order valence-corrected chi connectivity index (χ1v) is 9.78. The number of halogens is 3. The van der Waals surface area contributed by atoms with Crippen molar-refractivity contribution in [3.8, 4) is 23.1 Å². The minimum atomic E-state index is -4.56. The number of fused-ring (bicyclic) bond motifs is 1. The molecule has 0 saturated carbocycles. The van der Waals surface area contributed by atoms with Gasteiger partial charge in [-0.3, -0.25) is 14.0 Å². The van der Waals surface area contributed by atoms with Crippen LogP contribution in [0.1, 0.15) is 35.1 Å². The fourth-order valence-corrected chi connectivity index (χ4v) is 3.74. The van der Waals surface area contributed by atoms with Gasteiger partial charge in [0.15, 0.2) is 0 Å². The van der Waals surface area contributed by atoms with Gasteiger partial charge in [-0.05, 0) is 37.6 Å². The molecule has 6 nitrogen and oxygen atoms in total. The van der Waals surface area contributed by atoms with Crippen LogP contribution < -0.4 is 5.73 Å². The summed E-state index contributed by atoms with van der Waals surface area (Å²) in [6, 6.07) is 8.54. The Morgan fingerprint density at radius 1 is 1.25 bits per heavy atom. The summed E-state index contributed by atoms with van der Waals surface area (Å²) in [5, 5.41) is 0. The predicted octanol–water partition coefficient (Wildman–Crippen LogP) is 3.34. The Morgan fingerprint density at radius 3 is 2.62 bits per heavy atom. The first kappa shape index (κ1) is 21.4. The highest BCUT2D eigenvalue weighted by atomic mass is 19.4. The van der Waals surface area contributed by atoms with Crippen LogP contribution in [0.2, 0.25) is 0 Å². The number of carbonyl (C=O) groups excluding carboxylic acids is 2. The Kier molecular flexibility index (Phi) is 4.96. The van der Waals surface area contributed by atoms with E-state index in [1.54, 1.807) is 43.1 Å². The molecule has 0 aliphatic carbocycles. The average Bonchev–Trinajstić information content (AvgIpc) is 3.25. The van der Waals surface area contributed by atoms with E-state index < -0.39 is 23.1 Å². The Morgan fingerprint density at radius 2 is 2.00 bits per heavy atom. The molecule has 1 saturated heterocycles. The van der Waals surface area contributed by atoms with E-state index in [0.717, 1.165) is 18.3 Å². The molecule has 1 fully saturated rings. The first-order valence-electron chi connectivity index (χ1n) is 9.78. The average molecular weight is 440 g/mol. The summed E-state index contributed by atoms with van der Waals surface area (Å²) in [5.41, 5.74) is 5.04. The third kappa shape index (κ3) is 3.68. The van der Waals surface area contributed by atoms with E-state index >= 15 is 0 Å². The molecule has 1 atom stereocenters. The van der Waals surface area contributed by atoms with Crippen LogP contribution in [0.5, 0.6) is 0 Å². The lowest BCUT2D eigenvalue weighted by atomic mass is 9.89. The van der Waals surface area contributed by atoms with Crippen LogP contribution in [0.25, 0.3) is 16.8 Å². The monoisotopic (exact) mass is 440 g/mol. The quantitative estimate of drug-likeness (QED) is 0.621. The van der Waals surface area contributed by atoms with Crippen molar-refractivity contribution in [3.05, 3.63) is 59.5 Å². The van der Waals surface area contributed by atoms with E-state index in [1.807, 2.05) is 0 Å². The number of imidazole rings is 1. The molecule has 0 spiro atoms. The molecule has 32 heavy (non-hydrogen) atoms. The summed E-state index contributed by atoms with van der Waals surface area (Å²) in [7, 11) is 1.73. The van der Waals surface area contributed by atoms with Gasteiger partial charge in [-0.15, -0.1) is 0 Å². The Hall–Kier alpha value is -3.80. The zero-order valence-corrected chi connectivity index (χ0v) is 17.3. The van der Waals surface area contributed by atoms with Crippen molar-refractivity contribution in [1.82, 2.24) is 14.3 Å². The second kappa shape index (κ2) is 7.41. The van der Waals surface area contributed by atoms with Gasteiger partial charge in [-0.25, -0.2) is 4.98 Å². The smallest absolute Gasteiger partial charge is 0.363 e. The highest BCUT2D eigenvalue weighted by molar-refractivity contribution is 5.93. The van der Waals surface area contributed by atoms with Crippen molar-refractivity contribution in [3.63, 3.8) is 0 Å². The lowest BCUT2D eigenvalue weighted by Gasteiger charge is -2.14. The molecule has 3 heterocycles. The van der Waals surface area contributed by atoms with Crippen molar-refractivity contribution >= 4 is 17.3 Å². The number of benzene rings is 1. The second-order valence-electron chi connectivity index (χ2n) is 7.96. The molecule has 9 heteroatoms. The number of hydrogen-bond acceptors (Lipinski definition) is 3. The van der Waals surface area contributed by atoms with E-state index in [1.165, 1.54) is 4.40 Å². The Balaban J connectivity index is 1.81. The van der Waals surface area contributed by atoms with E-state index in [0.29, 0.717) is 24.1 Å². The molecule has 1 aromatic carbocycles. The summed E-state index contributed by atoms with van der Waals surface area (Å²) in [6.45, 7) is 2.42. The normalized spacial score (nSPS) is 18.7. The second-order valence-corrected chi connectivity index (χ2v) is 7.96. The molecular weight excluding hydrogens is 421 g/mol. The van der Waals surface area contributed by atoms with Crippen LogP contribution in [-0.4, -0.2) is 39.7 Å². The van der Waals surface area contributed by atoms with E-state index in [4.69, 9.17) is 5.73 Å². The number of hydrogen-bond donors (Lipinski definition) is 1. The number of alkyl halides is 3. The standard InChI is InChI=1S/C23H19F3N4O2/c1-22(9-11-29(2)21(22)32)8-6-14-4-3-5-15(12-14)18-17-13-16(23(24,25)26)7-10-30(17)20(28-18)19(27)31/h3-5,7,10,12-13H,9,11H2,1-2H3,(H2,27,31)/t22-/m1/s1. The fourth-order valence-electron chi connectivity index (χ4n) is 3.74. The first-order chi connectivity index (χ1) is 15.0. The molecule has 0 radical (unpaired) electrons. The van der Waals surface area contributed by atoms with Crippen LogP contribution in [0.15, 0.2) is 42.6 Å². The minimum absolute atomic E-state index is 0.0490. The van der Waals surface area contributed by atoms with E-state index in [-0.39, 0.29) is 22.9 Å². The summed E-state index contributed by atoms with van der Waals surface area (Å²) < 4.78 is 41.0. The zero-order chi connectivity index (χ0) is 23.3. The highest BCUT2D eigenvalue weighted by Gasteiger charge is 2.39. The molecular formula is C23H19F3N4O2. The summed E-state index contributed by atoms with van der Waals surface area (Å²) in [4.78, 5) is 30.0. The van der Waals surface area contributed by atoms with Crippen LogP contribution in [-0.2, 0) is 11.0 Å². The number of pyridine rings is 1. The van der Waals surface area contributed by atoms with Gasteiger partial charge in [-0.2, -0.15) is 13.2 Å². The third-order valence-electron chi connectivity index (χ3n) is 5.58. The molecule has 1 aliphatic rings. The van der Waals surface area contributed by atoms with Gasteiger partial charge < -0.3 is 10.6 Å². The third-order valence-corrected chi connectivity index (χ3v) is 5.58. The molecule has 2 aromatic heterocycles. The zero-order valence-electron chi connectivity index (χ0n) is 17.3. The molecule has 2 N–H and O–H groups in total. The maximum atomic E-state index is 13.3. The van der Waals surface area contributed by atoms with Crippen LogP contribution >= 0.6 is 0 Å². The predicted molar refractivity (Wildman–Crippen MR) is 111 cm³/mol. The molecule has 164 valence electrons. The molecule has 0 bridgehead atoms. The number of amides is 2. The van der Waals surface area contributed by atoms with Crippen LogP contribution in [0.4, 0.5) is 13.2 Å². The maximum absolute atomic E-state index is 13.3. The number of rotatable bonds is 2. The lowest BCUT2D eigenvalue weighted by molar-refractivity contribution is -0.137. The van der Waals surface area contributed by atoms with Crippen molar-refractivity contribution in [2.24, 2.45) is 11.1 Å². The van der Waals surface area contributed by atoms with Crippen molar-refractivity contribution in [2.45, 2.75) is 19.5 Å². The molecule has 2 amide bonds. The van der Waals surface area contributed by atoms with Gasteiger partial charge in [-0.1, -0.05) is 24.0 Å². The highest BCUT2D eigenvalue weighted by Crippen LogP contribution is 2.33. The maximum Gasteiger partial charge on any atom is 0.416 e. The minimum Gasteiger partial charge on any atom is -0.363 e. The molecule has 1 aliphatic heterocycles. The lowest BCUT2D eigenvalue weighted by Crippen LogP contribution is -2.28. The van der Waals surface area contributed by atoms with E-state index in [9.17, 15) is 22.8 Å². The van der Waals surface area contributed by atoms with Crippen molar-refractivity contribution in [2.75, 3.05) is 13.6 Å². The van der Waals surface area contributed by atoms with Crippen LogP contribution in [0.3, 0.4) is 0 Å². The van der Waals surface area contributed by atoms with Gasteiger partial charge in [0.2, 0.25) is 11.7 Å². The van der Waals surface area contributed by atoms with Crippen LogP contribution in [0, 0.1) is 17.3 Å². The Labute approximate surface area is 181 Å². The summed E-state index contributed by atoms with van der Waals surface area (Å²) in [5.74, 6) is 4.95. The SMILES string of the molecule is CN1CC[C@@](C)(C#Cc2cccc(-c3nc(C(N)=O)n4ccc(C(F)(F)F)cc34)c2)C1=O. The van der Waals surface area contributed by atoms with Crippen molar-refractivity contribution in [1.29, 1.82) is 0 Å². The molecule has 3 aromatic rings. The number of nitrogens with zero attached hydrogens (tertiary/aromatic N) is 3. The number of likely N-dealkylation sites (tertiary alicyclic amines) is 1. The molecule has 4 rings (SSSR count). The number of primary amides is 1. The van der Waals surface area contributed by atoms with E-state index in [2.05, 4.69) is 16.8 Å². The summed E-state index contributed by atoms with van der Waals surface area (Å²) >= 11 is 0.